The van der Waals surface area contributed by atoms with Crippen LogP contribution in [-0.4, -0.2) is 21.1 Å². The molecule has 0 heterocycles. The number of hydrogen-bond donors (Lipinski definition) is 0. The molecule has 0 fully saturated rings. The first-order valence-corrected chi connectivity index (χ1v) is 4.39. The average molecular weight is 180 g/mol. The fraction of sp³-hybridized carbons (Fsp3) is 1.00. The lowest BCUT2D eigenvalue weighted by molar-refractivity contribution is 0.0767. The van der Waals surface area contributed by atoms with Crippen LogP contribution in [0.25, 0.3) is 0 Å². The molecule has 0 amide bonds. The maximum Gasteiger partial charge on any atom is 0.335 e. The molecule has 0 aliphatic heterocycles. The molecular weight excluding hydrogens is 164 g/mol. The highest BCUT2D eigenvalue weighted by atomic mass is 32.1. The van der Waals surface area contributed by atoms with Crippen LogP contribution in [0, 0.1) is 0 Å². The second-order valence-corrected chi connectivity index (χ2v) is 2.48. The minimum atomic E-state index is -0.750. The molecule has 0 atom stereocenters. The van der Waals surface area contributed by atoms with Gasteiger partial charge in [0.05, 0.1) is 6.10 Å². The van der Waals surface area contributed by atoms with Crippen LogP contribution >= 0.6 is 0 Å². The Bertz CT molecular complexity index is 97.9. The van der Waals surface area contributed by atoms with Crippen molar-refractivity contribution in [2.75, 3.05) is 6.61 Å². The molecule has 0 bridgehead atoms. The molecule has 0 spiro atoms. The second-order valence-electron chi connectivity index (χ2n) is 2.34. The average Bonchev–Trinajstić information content (AvgIpc) is 1.89. The van der Waals surface area contributed by atoms with Gasteiger partial charge in [0.1, 0.15) is 0 Å². The number of rotatable bonds is 4. The van der Waals surface area contributed by atoms with E-state index in [1.807, 2.05) is 0 Å². The molecular formula is C7H16O3S. The lowest BCUT2D eigenvalue weighted by Gasteiger charge is -2.04. The van der Waals surface area contributed by atoms with Crippen LogP contribution < -0.4 is 0 Å². The summed E-state index contributed by atoms with van der Waals surface area (Å²) in [4.78, 5) is 0. The Kier molecular flexibility index (Phi) is 15.1. The largest absolute Gasteiger partial charge is 0.379 e. The van der Waals surface area contributed by atoms with Crippen molar-refractivity contribution in [1.29, 1.82) is 0 Å². The van der Waals surface area contributed by atoms with Crippen molar-refractivity contribution >= 4 is 11.6 Å². The highest BCUT2D eigenvalue weighted by Gasteiger charge is 1.89. The Hall–Kier alpha value is -0.220. The van der Waals surface area contributed by atoms with E-state index in [2.05, 4.69) is 20.8 Å². The minimum Gasteiger partial charge on any atom is -0.379 e. The van der Waals surface area contributed by atoms with Crippen LogP contribution in [0.5, 0.6) is 0 Å². The van der Waals surface area contributed by atoms with E-state index < -0.39 is 11.6 Å². The molecule has 0 radical (unpaired) electrons. The quantitative estimate of drug-likeness (QED) is 0.616. The smallest absolute Gasteiger partial charge is 0.335 e. The predicted octanol–water partition coefficient (Wildman–Crippen LogP) is 1.54. The summed E-state index contributed by atoms with van der Waals surface area (Å²) < 4.78 is 21.9. The van der Waals surface area contributed by atoms with Crippen LogP contribution in [0.15, 0.2) is 0 Å². The fourth-order valence-electron chi connectivity index (χ4n) is 0.463. The number of ether oxygens (including phenoxy) is 1. The van der Waals surface area contributed by atoms with Gasteiger partial charge in [0.2, 0.25) is 0 Å². The van der Waals surface area contributed by atoms with Crippen molar-refractivity contribution in [3.8, 4) is 0 Å². The molecule has 0 aromatic heterocycles. The molecule has 4 heteroatoms. The molecule has 11 heavy (non-hydrogen) atoms. The van der Waals surface area contributed by atoms with Gasteiger partial charge in [-0.2, -0.15) is 8.42 Å². The van der Waals surface area contributed by atoms with Crippen molar-refractivity contribution < 1.29 is 13.2 Å². The van der Waals surface area contributed by atoms with E-state index in [0.717, 1.165) is 6.61 Å². The Balaban J connectivity index is 0. The van der Waals surface area contributed by atoms with Gasteiger partial charge >= 0.3 is 11.6 Å². The highest BCUT2D eigenvalue weighted by molar-refractivity contribution is 7.51. The maximum atomic E-state index is 8.29. The topological polar surface area (TPSA) is 43.4 Å². The number of hydrogen-bond acceptors (Lipinski definition) is 3. The Morgan fingerprint density at radius 1 is 1.36 bits per heavy atom. The molecule has 0 aliphatic carbocycles. The summed E-state index contributed by atoms with van der Waals surface area (Å²) in [6.45, 7) is 7.23. The van der Waals surface area contributed by atoms with Gasteiger partial charge in [-0.1, -0.05) is 13.3 Å². The summed E-state index contributed by atoms with van der Waals surface area (Å²) in [6, 6.07) is 0. The van der Waals surface area contributed by atoms with Crippen LogP contribution in [0.1, 0.15) is 33.6 Å². The zero-order valence-corrected chi connectivity index (χ0v) is 8.15. The zero-order valence-electron chi connectivity index (χ0n) is 7.33. The van der Waals surface area contributed by atoms with E-state index in [1.54, 1.807) is 0 Å². The van der Waals surface area contributed by atoms with Crippen molar-refractivity contribution in [2.24, 2.45) is 0 Å². The van der Waals surface area contributed by atoms with Crippen molar-refractivity contribution in [1.82, 2.24) is 0 Å². The van der Waals surface area contributed by atoms with E-state index in [9.17, 15) is 0 Å². The normalized spacial score (nSPS) is 8.73. The molecule has 0 rings (SSSR count). The van der Waals surface area contributed by atoms with Crippen molar-refractivity contribution in [3.05, 3.63) is 0 Å². The van der Waals surface area contributed by atoms with Gasteiger partial charge in [0.25, 0.3) is 0 Å². The standard InChI is InChI=1S/C7H16O.O2S/c1-4-5-6-8-7(2)3;1-3-2/h7H,4-6H2,1-3H3;. The van der Waals surface area contributed by atoms with Gasteiger partial charge < -0.3 is 4.74 Å². The second kappa shape index (κ2) is 12.5. The van der Waals surface area contributed by atoms with E-state index in [4.69, 9.17) is 13.2 Å². The monoisotopic (exact) mass is 180 g/mol. The first kappa shape index (κ1) is 13.4. The predicted molar refractivity (Wildman–Crippen MR) is 44.9 cm³/mol. The Morgan fingerprint density at radius 2 is 1.82 bits per heavy atom. The molecule has 0 aromatic carbocycles. The van der Waals surface area contributed by atoms with Crippen LogP contribution in [0.4, 0.5) is 0 Å². The summed E-state index contributed by atoms with van der Waals surface area (Å²) in [5, 5.41) is 0. The van der Waals surface area contributed by atoms with Crippen molar-refractivity contribution in [3.63, 3.8) is 0 Å². The molecule has 0 N–H and O–H groups in total. The highest BCUT2D eigenvalue weighted by Crippen LogP contribution is 1.91. The maximum absolute atomic E-state index is 8.29. The van der Waals surface area contributed by atoms with E-state index in [1.165, 1.54) is 12.8 Å². The summed E-state index contributed by atoms with van der Waals surface area (Å²) in [7, 11) is 0. The van der Waals surface area contributed by atoms with E-state index in [0.29, 0.717) is 6.10 Å². The van der Waals surface area contributed by atoms with Gasteiger partial charge in [-0.25, -0.2) is 0 Å². The SMILES string of the molecule is CCCCOC(C)C.O=S=O. The third-order valence-corrected chi connectivity index (χ3v) is 0.949. The lowest BCUT2D eigenvalue weighted by atomic mass is 10.3. The molecule has 0 aliphatic rings. The first-order chi connectivity index (χ1) is 5.18. The molecule has 0 saturated heterocycles. The van der Waals surface area contributed by atoms with Gasteiger partial charge in [0.15, 0.2) is 0 Å². The summed E-state index contributed by atoms with van der Waals surface area (Å²) in [5.41, 5.74) is 0. The van der Waals surface area contributed by atoms with Gasteiger partial charge in [-0.05, 0) is 20.3 Å². The molecule has 0 saturated carbocycles. The summed E-state index contributed by atoms with van der Waals surface area (Å²) >= 11 is -0.750. The van der Waals surface area contributed by atoms with Crippen LogP contribution in [0.2, 0.25) is 0 Å². The minimum absolute atomic E-state index is 0.404. The van der Waals surface area contributed by atoms with Crippen molar-refractivity contribution in [2.45, 2.75) is 39.7 Å². The summed E-state index contributed by atoms with van der Waals surface area (Å²) in [6.07, 6.45) is 2.83. The Morgan fingerprint density at radius 3 is 2.09 bits per heavy atom. The van der Waals surface area contributed by atoms with Gasteiger partial charge in [-0.15, -0.1) is 0 Å². The summed E-state index contributed by atoms with van der Waals surface area (Å²) in [5.74, 6) is 0. The van der Waals surface area contributed by atoms with E-state index in [-0.39, 0.29) is 0 Å². The first-order valence-electron chi connectivity index (χ1n) is 3.72. The third-order valence-electron chi connectivity index (χ3n) is 0.949. The molecule has 0 unspecified atom stereocenters. The molecule has 68 valence electrons. The van der Waals surface area contributed by atoms with Gasteiger partial charge in [-0.3, -0.25) is 0 Å². The van der Waals surface area contributed by atoms with Crippen LogP contribution in [-0.2, 0) is 16.3 Å². The van der Waals surface area contributed by atoms with Gasteiger partial charge in [0, 0.05) is 6.61 Å². The fourth-order valence-corrected chi connectivity index (χ4v) is 0.463. The van der Waals surface area contributed by atoms with E-state index >= 15 is 0 Å². The molecule has 0 aromatic rings. The Labute approximate surface area is 71.7 Å². The third kappa shape index (κ3) is 25.9. The number of unbranched alkanes of at least 4 members (excludes halogenated alkanes) is 1. The van der Waals surface area contributed by atoms with Crippen LogP contribution in [0.3, 0.4) is 0 Å². The molecule has 3 nitrogen and oxygen atoms in total. The zero-order chi connectivity index (χ0) is 9.11. The lowest BCUT2D eigenvalue weighted by Crippen LogP contribution is -2.02.